The van der Waals surface area contributed by atoms with Crippen molar-refractivity contribution in [3.63, 3.8) is 0 Å². The van der Waals surface area contributed by atoms with Crippen molar-refractivity contribution < 1.29 is 24.2 Å². The number of carboxylic acid groups (broad SMARTS) is 1. The molecule has 1 N–H and O–H groups in total. The first-order chi connectivity index (χ1) is 13.8. The van der Waals surface area contributed by atoms with Crippen molar-refractivity contribution >= 4 is 28.7 Å². The average molecular weight is 399 g/mol. The van der Waals surface area contributed by atoms with E-state index in [1.807, 2.05) is 6.07 Å². The number of ether oxygens (including phenoxy) is 1. The Morgan fingerprint density at radius 1 is 1.31 bits per heavy atom. The van der Waals surface area contributed by atoms with Crippen LogP contribution in [0.15, 0.2) is 24.3 Å². The summed E-state index contributed by atoms with van der Waals surface area (Å²) in [6, 6.07) is 7.21. The van der Waals surface area contributed by atoms with Crippen molar-refractivity contribution in [2.24, 2.45) is 5.92 Å². The lowest BCUT2D eigenvalue weighted by Crippen LogP contribution is -2.47. The van der Waals surface area contributed by atoms with Gasteiger partial charge in [-0.3, -0.25) is 19.4 Å². The molecule has 1 aliphatic rings. The summed E-state index contributed by atoms with van der Waals surface area (Å²) >= 11 is 0. The highest BCUT2D eigenvalue weighted by Crippen LogP contribution is 2.22. The Bertz CT molecular complexity index is 959. The third-order valence-electron chi connectivity index (χ3n) is 5.29. The highest BCUT2D eigenvalue weighted by atomic mass is 16.5. The van der Waals surface area contributed by atoms with Crippen molar-refractivity contribution in [3.05, 3.63) is 35.5 Å². The van der Waals surface area contributed by atoms with E-state index in [1.165, 1.54) is 9.80 Å². The lowest BCUT2D eigenvalue weighted by atomic mass is 9.98. The van der Waals surface area contributed by atoms with E-state index in [2.05, 4.69) is 4.98 Å². The number of carboxylic acids is 1. The van der Waals surface area contributed by atoms with Crippen LogP contribution in [0.3, 0.4) is 0 Å². The number of hydrogen-bond donors (Lipinski definition) is 1. The summed E-state index contributed by atoms with van der Waals surface area (Å²) in [5.74, 6) is -1.29. The lowest BCUT2D eigenvalue weighted by molar-refractivity contribution is -0.145. The molecule has 1 fully saturated rings. The maximum Gasteiger partial charge on any atom is 0.308 e. The predicted octanol–water partition coefficient (Wildman–Crippen LogP) is 1.95. The number of pyridine rings is 1. The summed E-state index contributed by atoms with van der Waals surface area (Å²) < 4.78 is 5.21. The van der Waals surface area contributed by atoms with Crippen LogP contribution in [-0.4, -0.2) is 71.5 Å². The van der Waals surface area contributed by atoms with Crippen molar-refractivity contribution in [2.45, 2.75) is 19.8 Å². The fourth-order valence-electron chi connectivity index (χ4n) is 3.57. The Kier molecular flexibility index (Phi) is 6.00. The maximum absolute atomic E-state index is 12.9. The van der Waals surface area contributed by atoms with Gasteiger partial charge in [-0.15, -0.1) is 0 Å². The molecule has 2 heterocycles. The van der Waals surface area contributed by atoms with Gasteiger partial charge in [0.25, 0.3) is 5.91 Å². The number of likely N-dealkylation sites (tertiary alicyclic amines) is 1. The zero-order valence-electron chi connectivity index (χ0n) is 16.8. The quantitative estimate of drug-likeness (QED) is 0.825. The van der Waals surface area contributed by atoms with Gasteiger partial charge in [0.2, 0.25) is 5.91 Å². The molecule has 154 valence electrons. The first-order valence-electron chi connectivity index (χ1n) is 9.51. The van der Waals surface area contributed by atoms with Crippen LogP contribution in [0.25, 0.3) is 10.9 Å². The van der Waals surface area contributed by atoms with Crippen molar-refractivity contribution in [2.75, 3.05) is 33.8 Å². The van der Waals surface area contributed by atoms with E-state index < -0.39 is 11.9 Å². The van der Waals surface area contributed by atoms with Crippen molar-refractivity contribution in [1.82, 2.24) is 14.8 Å². The van der Waals surface area contributed by atoms with Crippen molar-refractivity contribution in [3.8, 4) is 5.75 Å². The second-order valence-corrected chi connectivity index (χ2v) is 7.36. The second kappa shape index (κ2) is 8.46. The van der Waals surface area contributed by atoms with E-state index in [1.54, 1.807) is 39.3 Å². The smallest absolute Gasteiger partial charge is 0.308 e. The average Bonchev–Trinajstić information content (AvgIpc) is 2.72. The van der Waals surface area contributed by atoms with Gasteiger partial charge in [-0.05, 0) is 38.0 Å². The number of fused-ring (bicyclic) bond motifs is 1. The molecular formula is C21H25N3O5. The molecule has 29 heavy (non-hydrogen) atoms. The molecular weight excluding hydrogens is 374 g/mol. The molecule has 1 saturated heterocycles. The van der Waals surface area contributed by atoms with Crippen LogP contribution in [-0.2, 0) is 9.59 Å². The zero-order valence-corrected chi connectivity index (χ0v) is 16.8. The van der Waals surface area contributed by atoms with E-state index >= 15 is 0 Å². The third kappa shape index (κ3) is 4.47. The van der Waals surface area contributed by atoms with E-state index in [-0.39, 0.29) is 24.9 Å². The minimum absolute atomic E-state index is 0.106. The van der Waals surface area contributed by atoms with Crippen LogP contribution in [0.1, 0.15) is 28.9 Å². The highest BCUT2D eigenvalue weighted by Gasteiger charge is 2.29. The lowest BCUT2D eigenvalue weighted by Gasteiger charge is -2.32. The molecule has 8 heteroatoms. The Morgan fingerprint density at radius 3 is 2.76 bits per heavy atom. The fraction of sp³-hybridized carbons (Fsp3) is 0.429. The van der Waals surface area contributed by atoms with E-state index in [0.29, 0.717) is 36.4 Å². The van der Waals surface area contributed by atoms with Gasteiger partial charge >= 0.3 is 5.97 Å². The van der Waals surface area contributed by atoms with Crippen LogP contribution in [0, 0.1) is 12.8 Å². The molecule has 8 nitrogen and oxygen atoms in total. The number of aryl methyl sites for hydroxylation is 1. The summed E-state index contributed by atoms with van der Waals surface area (Å²) in [4.78, 5) is 44.1. The molecule has 2 amide bonds. The zero-order chi connectivity index (χ0) is 21.1. The summed E-state index contributed by atoms with van der Waals surface area (Å²) in [5.41, 5.74) is 1.73. The summed E-state index contributed by atoms with van der Waals surface area (Å²) in [6.45, 7) is 2.35. The second-order valence-electron chi connectivity index (χ2n) is 7.36. The number of amides is 2. The number of aromatic nitrogens is 1. The predicted molar refractivity (Wildman–Crippen MR) is 107 cm³/mol. The summed E-state index contributed by atoms with van der Waals surface area (Å²) in [6.07, 6.45) is 1.22. The molecule has 0 saturated carbocycles. The van der Waals surface area contributed by atoms with Crippen LogP contribution in [0.5, 0.6) is 5.75 Å². The fourth-order valence-corrected chi connectivity index (χ4v) is 3.57. The molecule has 1 unspecified atom stereocenters. The Balaban J connectivity index is 1.73. The number of benzene rings is 1. The summed E-state index contributed by atoms with van der Waals surface area (Å²) in [5, 5.41) is 9.99. The van der Waals surface area contributed by atoms with Gasteiger partial charge in [-0.2, -0.15) is 0 Å². The minimum atomic E-state index is -0.888. The Labute approximate surface area is 169 Å². The Morgan fingerprint density at radius 2 is 2.07 bits per heavy atom. The van der Waals surface area contributed by atoms with Crippen molar-refractivity contribution in [1.29, 1.82) is 0 Å². The number of nitrogens with zero attached hydrogens (tertiary/aromatic N) is 3. The largest absolute Gasteiger partial charge is 0.497 e. The number of piperidine rings is 1. The van der Waals surface area contributed by atoms with Gasteiger partial charge in [0, 0.05) is 31.6 Å². The molecule has 0 bridgehead atoms. The molecule has 0 aliphatic carbocycles. The standard InChI is InChI=1S/C21H25N3O5/c1-13-17(9-14-6-7-16(29-3)10-18(14)22-13)20(26)23(2)12-19(25)24-8-4-5-15(11-24)21(27)28/h6-7,9-10,15H,4-5,8,11-12H2,1-3H3,(H,27,28). The molecule has 0 spiro atoms. The Hall–Kier alpha value is -3.16. The molecule has 1 atom stereocenters. The number of carbonyl (C=O) groups is 3. The monoisotopic (exact) mass is 399 g/mol. The normalized spacial score (nSPS) is 16.5. The number of methoxy groups -OCH3 is 1. The van der Waals surface area contributed by atoms with Crippen LogP contribution in [0.4, 0.5) is 0 Å². The van der Waals surface area contributed by atoms with E-state index in [0.717, 1.165) is 10.9 Å². The SMILES string of the molecule is COc1ccc2cc(C(=O)N(C)CC(=O)N3CCCC(C(=O)O)C3)c(C)nc2c1. The van der Waals surface area contributed by atoms with E-state index in [9.17, 15) is 19.5 Å². The summed E-state index contributed by atoms with van der Waals surface area (Å²) in [7, 11) is 3.15. The van der Waals surface area contributed by atoms with Crippen LogP contribution >= 0.6 is 0 Å². The minimum Gasteiger partial charge on any atom is -0.497 e. The molecule has 3 rings (SSSR count). The van der Waals surface area contributed by atoms with Gasteiger partial charge in [0.1, 0.15) is 5.75 Å². The van der Waals surface area contributed by atoms with Gasteiger partial charge in [0.05, 0.1) is 36.3 Å². The molecule has 1 aliphatic heterocycles. The topological polar surface area (TPSA) is 100 Å². The van der Waals surface area contributed by atoms with Gasteiger partial charge in [-0.25, -0.2) is 0 Å². The highest BCUT2D eigenvalue weighted by molar-refractivity contribution is 6.00. The molecule has 1 aromatic carbocycles. The molecule has 2 aromatic rings. The van der Waals surface area contributed by atoms with Gasteiger partial charge < -0.3 is 19.6 Å². The number of carbonyl (C=O) groups excluding carboxylic acids is 2. The molecule has 1 aromatic heterocycles. The molecule has 0 radical (unpaired) electrons. The van der Waals surface area contributed by atoms with Crippen LogP contribution in [0.2, 0.25) is 0 Å². The first-order valence-corrected chi connectivity index (χ1v) is 9.51. The first kappa shape index (κ1) is 20.6. The number of likely N-dealkylation sites (N-methyl/N-ethyl adjacent to an activating group) is 1. The number of aliphatic carboxylic acids is 1. The van der Waals surface area contributed by atoms with Gasteiger partial charge in [-0.1, -0.05) is 0 Å². The number of rotatable bonds is 5. The van der Waals surface area contributed by atoms with Crippen LogP contribution < -0.4 is 4.74 Å². The third-order valence-corrected chi connectivity index (χ3v) is 5.29. The van der Waals surface area contributed by atoms with E-state index in [4.69, 9.17) is 4.74 Å². The van der Waals surface area contributed by atoms with Gasteiger partial charge in [0.15, 0.2) is 0 Å². The maximum atomic E-state index is 12.9. The number of hydrogen-bond acceptors (Lipinski definition) is 5.